The van der Waals surface area contributed by atoms with Gasteiger partial charge in [0, 0.05) is 39.0 Å². The maximum atomic E-state index is 5.13. The van der Waals surface area contributed by atoms with Crippen molar-refractivity contribution < 1.29 is 4.74 Å². The third-order valence-corrected chi connectivity index (χ3v) is 3.31. The minimum atomic E-state index is 0.697. The first-order valence-corrected chi connectivity index (χ1v) is 6.35. The summed E-state index contributed by atoms with van der Waals surface area (Å²) in [4.78, 5) is 11.1. The van der Waals surface area contributed by atoms with Crippen LogP contribution in [-0.4, -0.2) is 48.2 Å². The SMILES string of the molecule is COCCN1CCC[C@@H](Cc2ncccn2)C1. The van der Waals surface area contributed by atoms with Crippen LogP contribution in [-0.2, 0) is 11.2 Å². The molecular formula is C13H21N3O. The minimum absolute atomic E-state index is 0.697. The number of nitrogens with zero attached hydrogens (tertiary/aromatic N) is 3. The Kier molecular flexibility index (Phi) is 4.88. The van der Waals surface area contributed by atoms with Crippen LogP contribution in [0.25, 0.3) is 0 Å². The topological polar surface area (TPSA) is 38.2 Å². The van der Waals surface area contributed by atoms with Crippen LogP contribution in [0.15, 0.2) is 18.5 Å². The molecule has 2 heterocycles. The summed E-state index contributed by atoms with van der Waals surface area (Å²) in [6.07, 6.45) is 7.23. The van der Waals surface area contributed by atoms with Crippen molar-refractivity contribution in [1.82, 2.24) is 14.9 Å². The summed E-state index contributed by atoms with van der Waals surface area (Å²) in [5.74, 6) is 1.68. The van der Waals surface area contributed by atoms with Crippen LogP contribution < -0.4 is 0 Å². The summed E-state index contributed by atoms with van der Waals surface area (Å²) >= 11 is 0. The van der Waals surface area contributed by atoms with E-state index in [9.17, 15) is 0 Å². The third kappa shape index (κ3) is 4.06. The zero-order valence-corrected chi connectivity index (χ0v) is 10.5. The second kappa shape index (κ2) is 6.67. The van der Waals surface area contributed by atoms with Crippen molar-refractivity contribution in [3.63, 3.8) is 0 Å². The Balaban J connectivity index is 1.81. The van der Waals surface area contributed by atoms with Crippen molar-refractivity contribution in [3.8, 4) is 0 Å². The summed E-state index contributed by atoms with van der Waals surface area (Å²) < 4.78 is 5.13. The van der Waals surface area contributed by atoms with Gasteiger partial charge >= 0.3 is 0 Å². The van der Waals surface area contributed by atoms with E-state index in [-0.39, 0.29) is 0 Å². The fourth-order valence-electron chi connectivity index (χ4n) is 2.43. The number of likely N-dealkylation sites (tertiary alicyclic amines) is 1. The zero-order valence-electron chi connectivity index (χ0n) is 10.5. The fraction of sp³-hybridized carbons (Fsp3) is 0.692. The fourth-order valence-corrected chi connectivity index (χ4v) is 2.43. The lowest BCUT2D eigenvalue weighted by atomic mass is 9.94. The molecule has 1 aliphatic heterocycles. The molecule has 4 heteroatoms. The van der Waals surface area contributed by atoms with Crippen LogP contribution in [0.2, 0.25) is 0 Å². The lowest BCUT2D eigenvalue weighted by Crippen LogP contribution is -2.38. The maximum Gasteiger partial charge on any atom is 0.128 e. The van der Waals surface area contributed by atoms with Gasteiger partial charge in [0.2, 0.25) is 0 Å². The van der Waals surface area contributed by atoms with E-state index >= 15 is 0 Å². The molecule has 0 aromatic carbocycles. The van der Waals surface area contributed by atoms with Crippen LogP contribution >= 0.6 is 0 Å². The van der Waals surface area contributed by atoms with Gasteiger partial charge in [-0.3, -0.25) is 0 Å². The Morgan fingerprint density at radius 2 is 2.24 bits per heavy atom. The quantitative estimate of drug-likeness (QED) is 0.773. The molecule has 17 heavy (non-hydrogen) atoms. The van der Waals surface area contributed by atoms with Gasteiger partial charge in [0.1, 0.15) is 5.82 Å². The first kappa shape index (κ1) is 12.5. The number of piperidine rings is 1. The van der Waals surface area contributed by atoms with Crippen molar-refractivity contribution >= 4 is 0 Å². The molecule has 0 amide bonds. The van der Waals surface area contributed by atoms with E-state index in [1.165, 1.54) is 19.4 Å². The maximum absolute atomic E-state index is 5.13. The minimum Gasteiger partial charge on any atom is -0.383 e. The molecule has 0 radical (unpaired) electrons. The van der Waals surface area contributed by atoms with Crippen molar-refractivity contribution in [3.05, 3.63) is 24.3 Å². The third-order valence-electron chi connectivity index (χ3n) is 3.31. The van der Waals surface area contributed by atoms with E-state index in [0.717, 1.165) is 31.9 Å². The second-order valence-electron chi connectivity index (χ2n) is 4.67. The smallest absolute Gasteiger partial charge is 0.128 e. The van der Waals surface area contributed by atoms with Crippen LogP contribution in [0.4, 0.5) is 0 Å². The molecule has 0 unspecified atom stereocenters. The van der Waals surface area contributed by atoms with E-state index in [1.54, 1.807) is 7.11 Å². The molecule has 1 saturated heterocycles. The molecule has 4 nitrogen and oxygen atoms in total. The highest BCUT2D eigenvalue weighted by atomic mass is 16.5. The van der Waals surface area contributed by atoms with Crippen molar-refractivity contribution in [2.45, 2.75) is 19.3 Å². The molecule has 1 aromatic heterocycles. The average Bonchev–Trinajstić information content (AvgIpc) is 2.38. The largest absolute Gasteiger partial charge is 0.383 e. The van der Waals surface area contributed by atoms with Crippen LogP contribution in [0.5, 0.6) is 0 Å². The highest BCUT2D eigenvalue weighted by Crippen LogP contribution is 2.19. The highest BCUT2D eigenvalue weighted by molar-refractivity contribution is 4.91. The Labute approximate surface area is 103 Å². The van der Waals surface area contributed by atoms with E-state index in [2.05, 4.69) is 14.9 Å². The number of methoxy groups -OCH3 is 1. The molecule has 0 N–H and O–H groups in total. The van der Waals surface area contributed by atoms with Gasteiger partial charge in [-0.25, -0.2) is 9.97 Å². The van der Waals surface area contributed by atoms with Crippen molar-refractivity contribution in [2.24, 2.45) is 5.92 Å². The predicted molar refractivity (Wildman–Crippen MR) is 66.8 cm³/mol. The monoisotopic (exact) mass is 235 g/mol. The van der Waals surface area contributed by atoms with E-state index in [0.29, 0.717) is 5.92 Å². The van der Waals surface area contributed by atoms with Gasteiger partial charge in [0.25, 0.3) is 0 Å². The molecule has 1 aliphatic rings. The number of ether oxygens (including phenoxy) is 1. The highest BCUT2D eigenvalue weighted by Gasteiger charge is 2.20. The summed E-state index contributed by atoms with van der Waals surface area (Å²) in [5, 5.41) is 0. The molecule has 0 bridgehead atoms. The Hall–Kier alpha value is -1.00. The Bertz CT molecular complexity index is 318. The Morgan fingerprint density at radius 1 is 1.41 bits per heavy atom. The van der Waals surface area contributed by atoms with Gasteiger partial charge < -0.3 is 9.64 Å². The second-order valence-corrected chi connectivity index (χ2v) is 4.67. The van der Waals surface area contributed by atoms with Gasteiger partial charge in [0.05, 0.1) is 6.61 Å². The summed E-state index contributed by atoms with van der Waals surface area (Å²) in [6, 6.07) is 1.87. The first-order valence-electron chi connectivity index (χ1n) is 6.35. The molecule has 1 aromatic rings. The van der Waals surface area contributed by atoms with E-state index < -0.39 is 0 Å². The Morgan fingerprint density at radius 3 is 3.00 bits per heavy atom. The van der Waals surface area contributed by atoms with Gasteiger partial charge in [-0.1, -0.05) is 0 Å². The van der Waals surface area contributed by atoms with E-state index in [1.807, 2.05) is 18.5 Å². The van der Waals surface area contributed by atoms with Crippen LogP contribution in [0.3, 0.4) is 0 Å². The number of rotatable bonds is 5. The molecule has 0 saturated carbocycles. The van der Waals surface area contributed by atoms with E-state index in [4.69, 9.17) is 4.74 Å². The molecule has 1 atom stereocenters. The molecule has 2 rings (SSSR count). The summed E-state index contributed by atoms with van der Waals surface area (Å²) in [5.41, 5.74) is 0. The van der Waals surface area contributed by atoms with Crippen LogP contribution in [0.1, 0.15) is 18.7 Å². The molecular weight excluding hydrogens is 214 g/mol. The van der Waals surface area contributed by atoms with Gasteiger partial charge in [-0.2, -0.15) is 0 Å². The standard InChI is InChI=1S/C13H21N3O/c1-17-9-8-16-7-2-4-12(11-16)10-13-14-5-3-6-15-13/h3,5-6,12H,2,4,7-11H2,1H3/t12-/m0/s1. The van der Waals surface area contributed by atoms with Crippen LogP contribution in [0, 0.1) is 5.92 Å². The lowest BCUT2D eigenvalue weighted by Gasteiger charge is -2.32. The zero-order chi connectivity index (χ0) is 11.9. The van der Waals surface area contributed by atoms with Gasteiger partial charge in [-0.15, -0.1) is 0 Å². The van der Waals surface area contributed by atoms with Gasteiger partial charge in [0.15, 0.2) is 0 Å². The molecule has 1 fully saturated rings. The molecule has 94 valence electrons. The normalized spacial score (nSPS) is 21.6. The first-order chi connectivity index (χ1) is 8.38. The van der Waals surface area contributed by atoms with Crippen molar-refractivity contribution in [1.29, 1.82) is 0 Å². The number of hydrogen-bond acceptors (Lipinski definition) is 4. The molecule has 0 spiro atoms. The predicted octanol–water partition coefficient (Wildman–Crippen LogP) is 1.38. The molecule has 0 aliphatic carbocycles. The lowest BCUT2D eigenvalue weighted by molar-refractivity contribution is 0.114. The average molecular weight is 235 g/mol. The van der Waals surface area contributed by atoms with Crippen molar-refractivity contribution in [2.75, 3.05) is 33.4 Å². The number of aromatic nitrogens is 2. The van der Waals surface area contributed by atoms with Gasteiger partial charge in [-0.05, 0) is 31.4 Å². The summed E-state index contributed by atoms with van der Waals surface area (Å²) in [6.45, 7) is 4.23. The number of hydrogen-bond donors (Lipinski definition) is 0. The summed E-state index contributed by atoms with van der Waals surface area (Å²) in [7, 11) is 1.76.